The lowest BCUT2D eigenvalue weighted by Crippen LogP contribution is -2.39. The molecule has 1 N–H and O–H groups in total. The Morgan fingerprint density at radius 1 is 1.65 bits per heavy atom. The van der Waals surface area contributed by atoms with Crippen molar-refractivity contribution >= 4 is 21.6 Å². The Labute approximate surface area is 106 Å². The van der Waals surface area contributed by atoms with Crippen molar-refractivity contribution in [2.75, 3.05) is 20.1 Å². The fourth-order valence-electron chi connectivity index (χ4n) is 1.97. The summed E-state index contributed by atoms with van der Waals surface area (Å²) in [7, 11) is -0.430. The van der Waals surface area contributed by atoms with Crippen LogP contribution in [0.2, 0.25) is 5.02 Å². The van der Waals surface area contributed by atoms with Gasteiger partial charge in [0.15, 0.2) is 5.03 Å². The van der Waals surface area contributed by atoms with Gasteiger partial charge in [0.1, 0.15) is 0 Å². The van der Waals surface area contributed by atoms with Crippen LogP contribution in [0.4, 0.5) is 0 Å². The molecule has 0 spiro atoms. The third-order valence-electron chi connectivity index (χ3n) is 3.01. The second-order valence-electron chi connectivity index (χ2n) is 4.09. The van der Waals surface area contributed by atoms with E-state index in [9.17, 15) is 8.42 Å². The Morgan fingerprint density at radius 3 is 2.82 bits per heavy atom. The third-order valence-corrected chi connectivity index (χ3v) is 5.43. The zero-order valence-corrected chi connectivity index (χ0v) is 11.3. The first-order valence-electron chi connectivity index (χ1n) is 5.31. The van der Waals surface area contributed by atoms with E-state index in [1.165, 1.54) is 15.2 Å². The minimum atomic E-state index is -3.58. The molecule has 0 saturated carbocycles. The van der Waals surface area contributed by atoms with Crippen LogP contribution in [0.3, 0.4) is 0 Å². The summed E-state index contributed by atoms with van der Waals surface area (Å²) < 4.78 is 27.4. The number of nitrogens with zero attached hydrogens (tertiary/aromatic N) is 3. The molecular weight excluding hydrogens is 264 g/mol. The quantitative estimate of drug-likeness (QED) is 0.849. The molecule has 17 heavy (non-hydrogen) atoms. The van der Waals surface area contributed by atoms with Crippen LogP contribution in [0.15, 0.2) is 11.2 Å². The van der Waals surface area contributed by atoms with Crippen molar-refractivity contribution in [2.45, 2.75) is 17.5 Å². The largest absolute Gasteiger partial charge is 0.315 e. The molecule has 1 unspecified atom stereocenters. The van der Waals surface area contributed by atoms with Crippen LogP contribution in [0, 0.1) is 0 Å². The molecule has 0 amide bonds. The van der Waals surface area contributed by atoms with Gasteiger partial charge in [0.25, 0.3) is 10.0 Å². The average Bonchev–Trinajstić information content (AvgIpc) is 2.87. The maximum absolute atomic E-state index is 12.4. The van der Waals surface area contributed by atoms with Crippen LogP contribution >= 0.6 is 11.6 Å². The summed E-state index contributed by atoms with van der Waals surface area (Å²) in [4.78, 5) is 0. The van der Waals surface area contributed by atoms with Crippen LogP contribution in [-0.4, -0.2) is 48.7 Å². The number of aromatic nitrogens is 2. The Bertz CT molecular complexity index is 488. The first-order valence-corrected chi connectivity index (χ1v) is 7.12. The molecule has 2 heterocycles. The van der Waals surface area contributed by atoms with Gasteiger partial charge in [0.2, 0.25) is 0 Å². The smallest absolute Gasteiger partial charge is 0.261 e. The minimum absolute atomic E-state index is 0.0223. The molecule has 0 radical (unpaired) electrons. The Kier molecular flexibility index (Phi) is 3.44. The van der Waals surface area contributed by atoms with E-state index in [0.717, 1.165) is 13.0 Å². The predicted octanol–water partition coefficient (Wildman–Crippen LogP) is 0.0559. The number of hydrogen-bond acceptors (Lipinski definition) is 4. The van der Waals surface area contributed by atoms with E-state index < -0.39 is 10.0 Å². The Balaban J connectivity index is 2.36. The SMILES string of the molecule is CN(C1CCNC1)S(=O)(=O)c1c(Cl)cnn1C. The fourth-order valence-corrected chi connectivity index (χ4v) is 3.96. The zero-order chi connectivity index (χ0) is 12.6. The zero-order valence-electron chi connectivity index (χ0n) is 9.72. The van der Waals surface area contributed by atoms with E-state index in [1.54, 1.807) is 14.1 Å². The molecule has 0 aromatic carbocycles. The van der Waals surface area contributed by atoms with Gasteiger partial charge in [-0.25, -0.2) is 8.42 Å². The molecule has 1 aromatic heterocycles. The van der Waals surface area contributed by atoms with Gasteiger partial charge in [0.05, 0.1) is 11.2 Å². The van der Waals surface area contributed by atoms with E-state index in [-0.39, 0.29) is 16.1 Å². The first kappa shape index (κ1) is 12.8. The summed E-state index contributed by atoms with van der Waals surface area (Å²) in [5.41, 5.74) is 0. The standard InChI is InChI=1S/C9H15ClN4O2S/c1-13-9(8(10)6-12-13)17(15,16)14(2)7-3-4-11-5-7/h6-7,11H,3-5H2,1-2H3. The van der Waals surface area contributed by atoms with Crippen LogP contribution in [0.25, 0.3) is 0 Å². The molecule has 96 valence electrons. The van der Waals surface area contributed by atoms with Gasteiger partial charge in [0, 0.05) is 26.7 Å². The normalized spacial score (nSPS) is 21.3. The number of likely N-dealkylation sites (N-methyl/N-ethyl adjacent to an activating group) is 1. The molecule has 1 aromatic rings. The van der Waals surface area contributed by atoms with E-state index in [4.69, 9.17) is 11.6 Å². The van der Waals surface area contributed by atoms with Crippen molar-refractivity contribution < 1.29 is 8.42 Å². The lowest BCUT2D eigenvalue weighted by atomic mass is 10.3. The van der Waals surface area contributed by atoms with Crippen molar-refractivity contribution in [2.24, 2.45) is 7.05 Å². The summed E-state index contributed by atoms with van der Waals surface area (Å²) in [6, 6.07) is -0.0223. The van der Waals surface area contributed by atoms with Crippen molar-refractivity contribution in [3.63, 3.8) is 0 Å². The summed E-state index contributed by atoms with van der Waals surface area (Å²) in [5, 5.41) is 7.20. The highest BCUT2D eigenvalue weighted by Gasteiger charge is 2.33. The van der Waals surface area contributed by atoms with Gasteiger partial charge in [-0.05, 0) is 13.0 Å². The van der Waals surface area contributed by atoms with Gasteiger partial charge in [-0.1, -0.05) is 11.6 Å². The number of halogens is 1. The topological polar surface area (TPSA) is 67.2 Å². The molecule has 8 heteroatoms. The second-order valence-corrected chi connectivity index (χ2v) is 6.41. The van der Waals surface area contributed by atoms with E-state index >= 15 is 0 Å². The van der Waals surface area contributed by atoms with Gasteiger partial charge in [-0.2, -0.15) is 9.40 Å². The number of sulfonamides is 1. The average molecular weight is 279 g/mol. The lowest BCUT2D eigenvalue weighted by Gasteiger charge is -2.23. The molecule has 2 rings (SSSR count). The van der Waals surface area contributed by atoms with Crippen molar-refractivity contribution in [3.8, 4) is 0 Å². The highest BCUT2D eigenvalue weighted by Crippen LogP contribution is 2.25. The molecule has 1 saturated heterocycles. The second kappa shape index (κ2) is 4.56. The highest BCUT2D eigenvalue weighted by atomic mass is 35.5. The summed E-state index contributed by atoms with van der Waals surface area (Å²) in [6.07, 6.45) is 2.15. The highest BCUT2D eigenvalue weighted by molar-refractivity contribution is 7.89. The summed E-state index contributed by atoms with van der Waals surface area (Å²) >= 11 is 5.88. The van der Waals surface area contributed by atoms with Gasteiger partial charge >= 0.3 is 0 Å². The fraction of sp³-hybridized carbons (Fsp3) is 0.667. The number of nitrogens with one attached hydrogen (secondary N) is 1. The van der Waals surface area contributed by atoms with E-state index in [0.29, 0.717) is 6.54 Å². The predicted molar refractivity (Wildman–Crippen MR) is 64.4 cm³/mol. The van der Waals surface area contributed by atoms with E-state index in [2.05, 4.69) is 10.4 Å². The Hall–Kier alpha value is -0.630. The van der Waals surface area contributed by atoms with E-state index in [1.807, 2.05) is 0 Å². The van der Waals surface area contributed by atoms with Crippen molar-refractivity contribution in [1.29, 1.82) is 0 Å². The van der Waals surface area contributed by atoms with Crippen molar-refractivity contribution in [1.82, 2.24) is 19.4 Å². The van der Waals surface area contributed by atoms with Gasteiger partial charge < -0.3 is 5.32 Å². The summed E-state index contributed by atoms with van der Waals surface area (Å²) in [6.45, 7) is 1.51. The number of rotatable bonds is 3. The van der Waals surface area contributed by atoms with Crippen LogP contribution in [0.5, 0.6) is 0 Å². The van der Waals surface area contributed by atoms with Crippen molar-refractivity contribution in [3.05, 3.63) is 11.2 Å². The number of aryl methyl sites for hydroxylation is 1. The van der Waals surface area contributed by atoms with Crippen LogP contribution in [-0.2, 0) is 17.1 Å². The minimum Gasteiger partial charge on any atom is -0.315 e. The number of hydrogen-bond donors (Lipinski definition) is 1. The molecule has 1 fully saturated rings. The monoisotopic (exact) mass is 278 g/mol. The lowest BCUT2D eigenvalue weighted by molar-refractivity contribution is 0.383. The molecule has 6 nitrogen and oxygen atoms in total. The molecule has 1 aliphatic rings. The molecule has 0 aliphatic carbocycles. The van der Waals surface area contributed by atoms with Crippen LogP contribution < -0.4 is 5.32 Å². The maximum Gasteiger partial charge on any atom is 0.261 e. The molecule has 0 bridgehead atoms. The maximum atomic E-state index is 12.4. The van der Waals surface area contributed by atoms with Gasteiger partial charge in [-0.15, -0.1) is 0 Å². The Morgan fingerprint density at radius 2 is 2.35 bits per heavy atom. The summed E-state index contributed by atoms with van der Waals surface area (Å²) in [5.74, 6) is 0. The third kappa shape index (κ3) is 2.20. The molecule has 1 atom stereocenters. The first-order chi connectivity index (χ1) is 7.94. The molecular formula is C9H15ClN4O2S. The molecule has 1 aliphatic heterocycles. The van der Waals surface area contributed by atoms with Gasteiger partial charge in [-0.3, -0.25) is 4.68 Å². The van der Waals surface area contributed by atoms with Crippen LogP contribution in [0.1, 0.15) is 6.42 Å².